The molecule has 0 aliphatic carbocycles. The van der Waals surface area contributed by atoms with Crippen LogP contribution in [0.5, 0.6) is 0 Å². The molecule has 0 fully saturated rings. The van der Waals surface area contributed by atoms with Crippen molar-refractivity contribution in [1.29, 1.82) is 0 Å². The Kier molecular flexibility index (Phi) is 6.50. The zero-order chi connectivity index (χ0) is 8.53. The van der Waals surface area contributed by atoms with Crippen molar-refractivity contribution in [1.82, 2.24) is 10.4 Å². The van der Waals surface area contributed by atoms with E-state index in [0.29, 0.717) is 19.2 Å². The van der Waals surface area contributed by atoms with Gasteiger partial charge in [0.05, 0.1) is 6.54 Å². The molecule has 64 valence electrons. The van der Waals surface area contributed by atoms with Crippen molar-refractivity contribution in [2.75, 3.05) is 19.6 Å². The molecule has 0 aromatic heterocycles. The fourth-order valence-corrected chi connectivity index (χ4v) is 0.497. The summed E-state index contributed by atoms with van der Waals surface area (Å²) < 4.78 is 0. The van der Waals surface area contributed by atoms with E-state index < -0.39 is 0 Å². The minimum atomic E-state index is -0.0307. The first-order valence-electron chi connectivity index (χ1n) is 3.02. The number of aldehydes is 1. The van der Waals surface area contributed by atoms with Gasteiger partial charge < -0.3 is 10.1 Å². The van der Waals surface area contributed by atoms with Crippen molar-refractivity contribution < 1.29 is 19.8 Å². The van der Waals surface area contributed by atoms with Crippen molar-refractivity contribution >= 4 is 12.7 Å². The van der Waals surface area contributed by atoms with E-state index in [9.17, 15) is 9.59 Å². The number of rotatable bonds is 7. The zero-order valence-corrected chi connectivity index (χ0v) is 5.90. The van der Waals surface area contributed by atoms with Crippen LogP contribution in [0.1, 0.15) is 0 Å². The molecule has 6 nitrogen and oxygen atoms in total. The highest BCUT2D eigenvalue weighted by Gasteiger charge is 2.01. The summed E-state index contributed by atoms with van der Waals surface area (Å²) in [6.45, 7) is 0.545. The number of hydrogen-bond acceptors (Lipinski definition) is 5. The van der Waals surface area contributed by atoms with Crippen molar-refractivity contribution in [3.63, 3.8) is 0 Å². The highest BCUT2D eigenvalue weighted by atomic mass is 17.2. The Hall–Kier alpha value is -0.980. The maximum absolute atomic E-state index is 9.88. The topological polar surface area (TPSA) is 78.9 Å². The van der Waals surface area contributed by atoms with E-state index in [2.05, 4.69) is 10.3 Å². The number of hydroxylamine groups is 2. The Morgan fingerprint density at radius 1 is 1.55 bits per heavy atom. The second-order valence-electron chi connectivity index (χ2n) is 1.71. The van der Waals surface area contributed by atoms with Gasteiger partial charge in [0.15, 0.2) is 0 Å². The van der Waals surface area contributed by atoms with Crippen LogP contribution in [-0.4, -0.2) is 42.7 Å². The lowest BCUT2D eigenvalue weighted by atomic mass is 10.6. The second-order valence-corrected chi connectivity index (χ2v) is 1.71. The minimum Gasteiger partial charge on any atom is -0.357 e. The third-order valence-electron chi connectivity index (χ3n) is 0.983. The molecule has 11 heavy (non-hydrogen) atoms. The Labute approximate surface area is 63.6 Å². The lowest BCUT2D eigenvalue weighted by molar-refractivity contribution is -0.392. The number of nitrogens with zero attached hydrogens (tertiary/aromatic N) is 1. The van der Waals surface area contributed by atoms with Gasteiger partial charge in [-0.15, -0.1) is 10.1 Å². The van der Waals surface area contributed by atoms with Crippen LogP contribution in [0.25, 0.3) is 0 Å². The number of nitrogens with one attached hydrogen (secondary N) is 1. The molecule has 0 saturated heterocycles. The molecule has 6 heteroatoms. The number of hydrogen-bond donors (Lipinski definition) is 2. The van der Waals surface area contributed by atoms with Crippen LogP contribution >= 0.6 is 0 Å². The van der Waals surface area contributed by atoms with Crippen LogP contribution in [0.4, 0.5) is 0 Å². The molecule has 0 rings (SSSR count). The molecule has 0 aliphatic heterocycles. The van der Waals surface area contributed by atoms with E-state index in [1.807, 2.05) is 0 Å². The van der Waals surface area contributed by atoms with Gasteiger partial charge in [0.1, 0.15) is 6.29 Å². The smallest absolute Gasteiger partial charge is 0.207 e. The highest BCUT2D eigenvalue weighted by Crippen LogP contribution is 1.82. The summed E-state index contributed by atoms with van der Waals surface area (Å²) in [4.78, 5) is 23.4. The summed E-state index contributed by atoms with van der Waals surface area (Å²) in [5, 5.41) is 11.5. The molecule has 0 aromatic carbocycles. The van der Waals surface area contributed by atoms with Crippen LogP contribution in [-0.2, 0) is 14.6 Å². The fourth-order valence-electron chi connectivity index (χ4n) is 0.497. The zero-order valence-electron chi connectivity index (χ0n) is 5.90. The van der Waals surface area contributed by atoms with Crippen molar-refractivity contribution in [2.24, 2.45) is 0 Å². The van der Waals surface area contributed by atoms with Crippen molar-refractivity contribution in [3.05, 3.63) is 0 Å². The van der Waals surface area contributed by atoms with Gasteiger partial charge in [0, 0.05) is 13.1 Å². The number of amides is 1. The van der Waals surface area contributed by atoms with Gasteiger partial charge in [-0.1, -0.05) is 0 Å². The molecule has 0 atom stereocenters. The summed E-state index contributed by atoms with van der Waals surface area (Å²) >= 11 is 0. The Bertz CT molecular complexity index is 119. The van der Waals surface area contributed by atoms with E-state index in [-0.39, 0.29) is 13.1 Å². The third kappa shape index (κ3) is 5.46. The molecular weight excluding hydrogens is 152 g/mol. The summed E-state index contributed by atoms with van der Waals surface area (Å²) in [5.41, 5.74) is 0. The van der Waals surface area contributed by atoms with Gasteiger partial charge in [0.25, 0.3) is 0 Å². The lowest BCUT2D eigenvalue weighted by Crippen LogP contribution is -2.32. The van der Waals surface area contributed by atoms with Gasteiger partial charge in [-0.3, -0.25) is 4.79 Å². The van der Waals surface area contributed by atoms with Gasteiger partial charge in [-0.05, 0) is 0 Å². The van der Waals surface area contributed by atoms with Crippen molar-refractivity contribution in [2.45, 2.75) is 0 Å². The Morgan fingerprint density at radius 2 is 2.27 bits per heavy atom. The van der Waals surface area contributed by atoms with Crippen LogP contribution in [0, 0.1) is 0 Å². The predicted molar refractivity (Wildman–Crippen MR) is 35.4 cm³/mol. The SMILES string of the molecule is O=CCN(CCNC=O)OO. The Balaban J connectivity index is 3.34. The van der Waals surface area contributed by atoms with Crippen LogP contribution in [0.3, 0.4) is 0 Å². The fraction of sp³-hybridized carbons (Fsp3) is 0.600. The minimum absolute atomic E-state index is 0.0307. The standard InChI is InChI=1S/C5H10N2O4/c8-4-3-7(11-10)2-1-6-5-9/h4-5,10H,1-3H2,(H,6,9). The van der Waals surface area contributed by atoms with E-state index in [1.54, 1.807) is 0 Å². The monoisotopic (exact) mass is 162 g/mol. The first-order chi connectivity index (χ1) is 5.35. The molecule has 0 aromatic rings. The highest BCUT2D eigenvalue weighted by molar-refractivity contribution is 5.51. The van der Waals surface area contributed by atoms with Crippen LogP contribution in [0.15, 0.2) is 0 Å². The van der Waals surface area contributed by atoms with Crippen LogP contribution in [0.2, 0.25) is 0 Å². The first kappa shape index (κ1) is 10.0. The van der Waals surface area contributed by atoms with Crippen molar-refractivity contribution in [3.8, 4) is 0 Å². The quantitative estimate of drug-likeness (QED) is 0.209. The maximum atomic E-state index is 9.88. The summed E-state index contributed by atoms with van der Waals surface area (Å²) in [6.07, 6.45) is 1.10. The Morgan fingerprint density at radius 3 is 2.73 bits per heavy atom. The molecule has 0 unspecified atom stereocenters. The second kappa shape index (κ2) is 7.13. The van der Waals surface area contributed by atoms with Gasteiger partial charge in [0.2, 0.25) is 6.41 Å². The molecule has 0 heterocycles. The molecule has 0 spiro atoms. The number of carbonyl (C=O) groups is 2. The molecule has 1 amide bonds. The van der Waals surface area contributed by atoms with Gasteiger partial charge in [-0.25, -0.2) is 5.26 Å². The number of carbonyl (C=O) groups excluding carboxylic acids is 2. The van der Waals surface area contributed by atoms with E-state index in [4.69, 9.17) is 5.26 Å². The molecule has 2 N–H and O–H groups in total. The van der Waals surface area contributed by atoms with E-state index in [1.165, 1.54) is 0 Å². The summed E-state index contributed by atoms with van der Waals surface area (Å²) in [6, 6.07) is 0. The summed E-state index contributed by atoms with van der Waals surface area (Å²) in [5.74, 6) is 0. The average molecular weight is 162 g/mol. The molecular formula is C5H10N2O4. The van der Waals surface area contributed by atoms with Gasteiger partial charge >= 0.3 is 0 Å². The first-order valence-corrected chi connectivity index (χ1v) is 3.02. The average Bonchev–Trinajstić information content (AvgIpc) is 2.03. The lowest BCUT2D eigenvalue weighted by Gasteiger charge is -2.12. The van der Waals surface area contributed by atoms with E-state index in [0.717, 1.165) is 5.06 Å². The predicted octanol–water partition coefficient (Wildman–Crippen LogP) is -1.36. The largest absolute Gasteiger partial charge is 0.357 e. The molecule has 0 radical (unpaired) electrons. The normalized spacial score (nSPS) is 9.64. The molecule has 0 saturated carbocycles. The van der Waals surface area contributed by atoms with Crippen LogP contribution < -0.4 is 5.32 Å². The molecule has 0 bridgehead atoms. The summed E-state index contributed by atoms with van der Waals surface area (Å²) in [7, 11) is 0. The molecule has 0 aliphatic rings. The van der Waals surface area contributed by atoms with Gasteiger partial charge in [-0.2, -0.15) is 0 Å². The van der Waals surface area contributed by atoms with E-state index >= 15 is 0 Å². The maximum Gasteiger partial charge on any atom is 0.207 e. The third-order valence-corrected chi connectivity index (χ3v) is 0.983.